The molecule has 0 bridgehead atoms. The number of likely N-dealkylation sites (tertiary alicyclic amines) is 1. The number of fused-ring (bicyclic) bond motifs is 1. The molecule has 3 aliphatic rings. The summed E-state index contributed by atoms with van der Waals surface area (Å²) in [5.41, 5.74) is 0.903. The number of benzene rings is 1. The van der Waals surface area contributed by atoms with Gasteiger partial charge in [0, 0.05) is 38.0 Å². The maximum absolute atomic E-state index is 13.5. The van der Waals surface area contributed by atoms with Gasteiger partial charge in [-0.15, -0.1) is 0 Å². The van der Waals surface area contributed by atoms with Crippen LogP contribution in [0.4, 0.5) is 0 Å². The molecule has 0 spiro atoms. The molecule has 27 heavy (non-hydrogen) atoms. The van der Waals surface area contributed by atoms with Crippen molar-refractivity contribution in [1.82, 2.24) is 9.80 Å². The Morgan fingerprint density at radius 1 is 1.26 bits per heavy atom. The van der Waals surface area contributed by atoms with E-state index in [2.05, 4.69) is 6.92 Å². The van der Waals surface area contributed by atoms with Crippen LogP contribution in [0, 0.1) is 5.92 Å². The van der Waals surface area contributed by atoms with Crippen molar-refractivity contribution in [2.75, 3.05) is 20.4 Å². The number of rotatable bonds is 4. The highest BCUT2D eigenvalue weighted by molar-refractivity contribution is 5.87. The zero-order chi connectivity index (χ0) is 19.0. The zero-order valence-corrected chi connectivity index (χ0v) is 16.2. The van der Waals surface area contributed by atoms with E-state index in [-0.39, 0.29) is 30.1 Å². The lowest BCUT2D eigenvalue weighted by Gasteiger charge is -2.42. The van der Waals surface area contributed by atoms with Gasteiger partial charge in [-0.3, -0.25) is 9.59 Å². The van der Waals surface area contributed by atoms with Crippen molar-refractivity contribution < 1.29 is 19.1 Å². The Kier molecular flexibility index (Phi) is 4.74. The quantitative estimate of drug-likeness (QED) is 0.815. The summed E-state index contributed by atoms with van der Waals surface area (Å²) in [6, 6.07) is 5.89. The third-order valence-electron chi connectivity index (χ3n) is 6.39. The van der Waals surface area contributed by atoms with E-state index in [0.717, 1.165) is 49.2 Å². The smallest absolute Gasteiger partial charge is 0.231 e. The number of nitrogens with zero attached hydrogens (tertiary/aromatic N) is 2. The SMILES string of the molecule is CN1CC[C@H](C(=O)N(Cc2ccc3c(c2)OCO3)C2(C)CCCC2)CC1=O. The predicted molar refractivity (Wildman–Crippen MR) is 100 cm³/mol. The average Bonchev–Trinajstić information content (AvgIpc) is 3.30. The summed E-state index contributed by atoms with van der Waals surface area (Å²) in [6.45, 7) is 3.65. The first-order valence-corrected chi connectivity index (χ1v) is 9.90. The van der Waals surface area contributed by atoms with Gasteiger partial charge in [-0.05, 0) is 43.9 Å². The standard InChI is InChI=1S/C21H28N2O4/c1-21(8-3-4-9-21)23(20(25)16-7-10-22(2)19(24)12-16)13-15-5-6-17-18(11-15)27-14-26-17/h5-6,11,16H,3-4,7-10,12-14H2,1-2H3/t16-/m0/s1. The van der Waals surface area contributed by atoms with Crippen LogP contribution in [0.3, 0.4) is 0 Å². The topological polar surface area (TPSA) is 59.1 Å². The molecule has 2 heterocycles. The molecule has 2 fully saturated rings. The molecule has 1 saturated carbocycles. The molecule has 146 valence electrons. The van der Waals surface area contributed by atoms with E-state index in [1.807, 2.05) is 30.1 Å². The van der Waals surface area contributed by atoms with E-state index in [1.54, 1.807) is 4.90 Å². The van der Waals surface area contributed by atoms with Crippen LogP contribution in [-0.2, 0) is 16.1 Å². The fourth-order valence-electron chi connectivity index (χ4n) is 4.54. The summed E-state index contributed by atoms with van der Waals surface area (Å²) in [4.78, 5) is 29.4. The number of amides is 2. The van der Waals surface area contributed by atoms with Gasteiger partial charge in [0.1, 0.15) is 0 Å². The molecule has 0 N–H and O–H groups in total. The number of piperidine rings is 1. The largest absolute Gasteiger partial charge is 0.454 e. The minimum atomic E-state index is -0.208. The fraction of sp³-hybridized carbons (Fsp3) is 0.619. The Hall–Kier alpha value is -2.24. The van der Waals surface area contributed by atoms with Crippen molar-refractivity contribution in [3.8, 4) is 11.5 Å². The first kappa shape index (κ1) is 18.1. The van der Waals surface area contributed by atoms with Crippen LogP contribution in [0.15, 0.2) is 18.2 Å². The Bertz CT molecular complexity index is 742. The van der Waals surface area contributed by atoms with Gasteiger partial charge in [-0.2, -0.15) is 0 Å². The molecule has 1 aromatic carbocycles. The molecule has 1 saturated heterocycles. The second-order valence-corrected chi connectivity index (χ2v) is 8.32. The van der Waals surface area contributed by atoms with Gasteiger partial charge in [0.2, 0.25) is 18.6 Å². The first-order chi connectivity index (χ1) is 13.0. The lowest BCUT2D eigenvalue weighted by molar-refractivity contribution is -0.149. The monoisotopic (exact) mass is 372 g/mol. The molecule has 1 aliphatic carbocycles. The molecule has 0 aromatic heterocycles. The van der Waals surface area contributed by atoms with Gasteiger partial charge in [0.25, 0.3) is 0 Å². The molecule has 2 aliphatic heterocycles. The van der Waals surface area contributed by atoms with Gasteiger partial charge >= 0.3 is 0 Å². The van der Waals surface area contributed by atoms with Gasteiger partial charge in [-0.25, -0.2) is 0 Å². The van der Waals surface area contributed by atoms with E-state index in [9.17, 15) is 9.59 Å². The average molecular weight is 372 g/mol. The Balaban J connectivity index is 1.57. The third-order valence-corrected chi connectivity index (χ3v) is 6.39. The van der Waals surface area contributed by atoms with E-state index in [4.69, 9.17) is 9.47 Å². The van der Waals surface area contributed by atoms with E-state index in [1.165, 1.54) is 0 Å². The summed E-state index contributed by atoms with van der Waals surface area (Å²) in [5, 5.41) is 0. The van der Waals surface area contributed by atoms with Crippen molar-refractivity contribution in [3.63, 3.8) is 0 Å². The predicted octanol–water partition coefficient (Wildman–Crippen LogP) is 2.95. The highest BCUT2D eigenvalue weighted by Gasteiger charge is 2.41. The van der Waals surface area contributed by atoms with Crippen LogP contribution >= 0.6 is 0 Å². The number of hydrogen-bond donors (Lipinski definition) is 0. The van der Waals surface area contributed by atoms with Crippen LogP contribution in [0.2, 0.25) is 0 Å². The summed E-state index contributed by atoms with van der Waals surface area (Å²) in [6.07, 6.45) is 5.40. The maximum atomic E-state index is 13.5. The summed E-state index contributed by atoms with van der Waals surface area (Å²) in [5.74, 6) is 1.48. The molecule has 6 nitrogen and oxygen atoms in total. The highest BCUT2D eigenvalue weighted by atomic mass is 16.7. The lowest BCUT2D eigenvalue weighted by atomic mass is 9.90. The summed E-state index contributed by atoms with van der Waals surface area (Å²) < 4.78 is 10.9. The number of hydrogen-bond acceptors (Lipinski definition) is 4. The van der Waals surface area contributed by atoms with Gasteiger partial charge in [-0.1, -0.05) is 18.9 Å². The van der Waals surface area contributed by atoms with E-state index in [0.29, 0.717) is 19.5 Å². The Labute approximate surface area is 160 Å². The minimum Gasteiger partial charge on any atom is -0.454 e. The van der Waals surface area contributed by atoms with E-state index >= 15 is 0 Å². The molecular weight excluding hydrogens is 344 g/mol. The van der Waals surface area contributed by atoms with Crippen molar-refractivity contribution in [3.05, 3.63) is 23.8 Å². The minimum absolute atomic E-state index is 0.0687. The molecule has 2 amide bonds. The summed E-state index contributed by atoms with van der Waals surface area (Å²) >= 11 is 0. The molecule has 1 aromatic rings. The van der Waals surface area contributed by atoms with Gasteiger partial charge in [0.15, 0.2) is 11.5 Å². The second kappa shape index (κ2) is 7.06. The number of carbonyl (C=O) groups is 2. The van der Waals surface area contributed by atoms with Crippen LogP contribution in [0.1, 0.15) is 51.0 Å². The molecule has 0 unspecified atom stereocenters. The van der Waals surface area contributed by atoms with Crippen LogP contribution < -0.4 is 9.47 Å². The zero-order valence-electron chi connectivity index (χ0n) is 16.2. The van der Waals surface area contributed by atoms with Gasteiger partial charge in [0.05, 0.1) is 0 Å². The molecule has 4 rings (SSSR count). The van der Waals surface area contributed by atoms with Crippen molar-refractivity contribution in [2.45, 2.75) is 57.5 Å². The highest BCUT2D eigenvalue weighted by Crippen LogP contribution is 2.39. The van der Waals surface area contributed by atoms with Crippen molar-refractivity contribution >= 4 is 11.8 Å². The normalized spacial score (nSPS) is 23.6. The second-order valence-electron chi connectivity index (χ2n) is 8.32. The molecule has 0 radical (unpaired) electrons. The molecule has 1 atom stereocenters. The first-order valence-electron chi connectivity index (χ1n) is 9.90. The number of ether oxygens (including phenoxy) is 2. The maximum Gasteiger partial charge on any atom is 0.231 e. The summed E-state index contributed by atoms with van der Waals surface area (Å²) in [7, 11) is 1.81. The molecular formula is C21H28N2O4. The van der Waals surface area contributed by atoms with Crippen LogP contribution in [0.5, 0.6) is 11.5 Å². The van der Waals surface area contributed by atoms with Crippen molar-refractivity contribution in [2.24, 2.45) is 5.92 Å². The van der Waals surface area contributed by atoms with Crippen LogP contribution in [0.25, 0.3) is 0 Å². The van der Waals surface area contributed by atoms with E-state index < -0.39 is 0 Å². The Morgan fingerprint density at radius 3 is 2.74 bits per heavy atom. The third kappa shape index (κ3) is 3.49. The van der Waals surface area contributed by atoms with Crippen LogP contribution in [-0.4, -0.2) is 47.5 Å². The van der Waals surface area contributed by atoms with Crippen molar-refractivity contribution in [1.29, 1.82) is 0 Å². The fourth-order valence-corrected chi connectivity index (χ4v) is 4.54. The number of carbonyl (C=O) groups excluding carboxylic acids is 2. The molecule has 6 heteroatoms. The Morgan fingerprint density at radius 2 is 2.00 bits per heavy atom. The lowest BCUT2D eigenvalue weighted by Crippen LogP contribution is -2.52. The van der Waals surface area contributed by atoms with Gasteiger partial charge < -0.3 is 19.3 Å².